The van der Waals surface area contributed by atoms with Crippen LogP contribution < -0.4 is 4.74 Å². The summed E-state index contributed by atoms with van der Waals surface area (Å²) in [5.41, 5.74) is 3.57. The SMILES string of the molecule is CCn1cc(CN2CCCC(c3nc4ccc(-c5cc(F)ccc5OC)cn4n3)C2)cn1. The molecule has 1 aliphatic heterocycles. The average Bonchev–Trinajstić information content (AvgIpc) is 3.45. The van der Waals surface area contributed by atoms with Crippen LogP contribution in [0, 0.1) is 5.82 Å². The molecular formula is C24H27FN6O. The maximum atomic E-state index is 13.8. The first-order valence-electron chi connectivity index (χ1n) is 11.1. The van der Waals surface area contributed by atoms with E-state index in [0.29, 0.717) is 11.3 Å². The van der Waals surface area contributed by atoms with E-state index in [9.17, 15) is 4.39 Å². The zero-order valence-corrected chi connectivity index (χ0v) is 18.4. The van der Waals surface area contributed by atoms with Crippen LogP contribution in [0.25, 0.3) is 16.8 Å². The van der Waals surface area contributed by atoms with Crippen LogP contribution in [0.5, 0.6) is 5.75 Å². The fraction of sp³-hybridized carbons (Fsp3) is 0.375. The zero-order chi connectivity index (χ0) is 22.1. The summed E-state index contributed by atoms with van der Waals surface area (Å²) in [5, 5.41) is 9.17. The van der Waals surface area contributed by atoms with Gasteiger partial charge in [0.25, 0.3) is 0 Å². The lowest BCUT2D eigenvalue weighted by atomic mass is 9.97. The lowest BCUT2D eigenvalue weighted by Crippen LogP contribution is -2.34. The Morgan fingerprint density at radius 3 is 2.91 bits per heavy atom. The topological polar surface area (TPSA) is 60.5 Å². The summed E-state index contributed by atoms with van der Waals surface area (Å²) in [5.74, 6) is 1.48. The number of ether oxygens (including phenoxy) is 1. The summed E-state index contributed by atoms with van der Waals surface area (Å²) in [4.78, 5) is 7.25. The van der Waals surface area contributed by atoms with Crippen LogP contribution in [-0.2, 0) is 13.1 Å². The predicted molar refractivity (Wildman–Crippen MR) is 120 cm³/mol. The van der Waals surface area contributed by atoms with Crippen LogP contribution in [0.2, 0.25) is 0 Å². The fourth-order valence-electron chi connectivity index (χ4n) is 4.47. The number of hydrogen-bond donors (Lipinski definition) is 0. The van der Waals surface area contributed by atoms with Crippen LogP contribution in [-0.4, -0.2) is 49.5 Å². The predicted octanol–water partition coefficient (Wildman–Crippen LogP) is 4.14. The Labute approximate surface area is 186 Å². The number of hydrogen-bond acceptors (Lipinski definition) is 5. The summed E-state index contributed by atoms with van der Waals surface area (Å²) in [6.07, 6.45) is 8.16. The van der Waals surface area contributed by atoms with Crippen molar-refractivity contribution in [2.24, 2.45) is 0 Å². The van der Waals surface area contributed by atoms with Crippen molar-refractivity contribution in [3.8, 4) is 16.9 Å². The summed E-state index contributed by atoms with van der Waals surface area (Å²) >= 11 is 0. The van der Waals surface area contributed by atoms with E-state index in [4.69, 9.17) is 14.8 Å². The number of aryl methyl sites for hydroxylation is 1. The molecule has 7 nitrogen and oxygen atoms in total. The van der Waals surface area contributed by atoms with Crippen LogP contribution in [0.4, 0.5) is 4.39 Å². The molecule has 1 unspecified atom stereocenters. The molecule has 32 heavy (non-hydrogen) atoms. The normalized spacial score (nSPS) is 17.2. The largest absolute Gasteiger partial charge is 0.496 e. The van der Waals surface area contributed by atoms with Gasteiger partial charge in [0.2, 0.25) is 0 Å². The number of nitrogens with zero attached hydrogens (tertiary/aromatic N) is 6. The molecule has 1 fully saturated rings. The lowest BCUT2D eigenvalue weighted by Gasteiger charge is -2.30. The number of piperidine rings is 1. The van der Waals surface area contributed by atoms with Gasteiger partial charge in [0.15, 0.2) is 11.5 Å². The average molecular weight is 435 g/mol. The van der Waals surface area contributed by atoms with Gasteiger partial charge in [-0.15, -0.1) is 0 Å². The van der Waals surface area contributed by atoms with Crippen LogP contribution in [0.3, 0.4) is 0 Å². The van der Waals surface area contributed by atoms with Crippen LogP contribution >= 0.6 is 0 Å². The number of benzene rings is 1. The van der Waals surface area contributed by atoms with E-state index in [2.05, 4.69) is 23.1 Å². The third kappa shape index (κ3) is 4.10. The Hall–Kier alpha value is -3.26. The van der Waals surface area contributed by atoms with Crippen molar-refractivity contribution in [3.63, 3.8) is 0 Å². The lowest BCUT2D eigenvalue weighted by molar-refractivity contribution is 0.196. The van der Waals surface area contributed by atoms with Crippen molar-refractivity contribution in [1.82, 2.24) is 29.3 Å². The highest BCUT2D eigenvalue weighted by atomic mass is 19.1. The van der Waals surface area contributed by atoms with Gasteiger partial charge in [-0.2, -0.15) is 10.2 Å². The maximum absolute atomic E-state index is 13.8. The van der Waals surface area contributed by atoms with Crippen molar-refractivity contribution >= 4 is 5.65 Å². The van der Waals surface area contributed by atoms with Crippen LogP contribution in [0.15, 0.2) is 48.9 Å². The number of rotatable bonds is 6. The Morgan fingerprint density at radius 2 is 2.09 bits per heavy atom. The van der Waals surface area contributed by atoms with Crippen LogP contribution in [0.1, 0.15) is 37.1 Å². The Kier molecular flexibility index (Phi) is 5.61. The molecule has 1 aliphatic rings. The first-order chi connectivity index (χ1) is 15.6. The first kappa shape index (κ1) is 20.6. The van der Waals surface area contributed by atoms with Crippen molar-refractivity contribution < 1.29 is 9.13 Å². The van der Waals surface area contributed by atoms with E-state index in [1.807, 2.05) is 29.2 Å². The summed E-state index contributed by atoms with van der Waals surface area (Å²) in [7, 11) is 1.59. The van der Waals surface area contributed by atoms with Gasteiger partial charge in [0.05, 0.1) is 13.3 Å². The summed E-state index contributed by atoms with van der Waals surface area (Å²) in [6.45, 7) is 5.88. The molecule has 166 valence electrons. The molecule has 0 saturated carbocycles. The molecule has 0 bridgehead atoms. The van der Waals surface area contributed by atoms with E-state index < -0.39 is 0 Å². The van der Waals surface area contributed by atoms with Gasteiger partial charge in [0, 0.05) is 54.6 Å². The molecule has 1 saturated heterocycles. The third-order valence-corrected chi connectivity index (χ3v) is 6.11. The quantitative estimate of drug-likeness (QED) is 0.457. The van der Waals surface area contributed by atoms with Gasteiger partial charge in [-0.3, -0.25) is 9.58 Å². The van der Waals surface area contributed by atoms with Gasteiger partial charge in [-0.05, 0) is 56.6 Å². The molecule has 0 amide bonds. The number of pyridine rings is 1. The van der Waals surface area contributed by atoms with Gasteiger partial charge in [0.1, 0.15) is 11.6 Å². The Balaban J connectivity index is 1.37. The second kappa shape index (κ2) is 8.70. The Bertz CT molecular complexity index is 1230. The molecule has 1 atom stereocenters. The standard InChI is InChI=1S/C24H27FN6O/c1-3-30-14-17(12-26-30)13-29-10-4-5-19(15-29)24-27-23-9-6-18(16-31(23)28-24)21-11-20(25)7-8-22(21)32-2/h6-9,11-12,14,16,19H,3-5,10,13,15H2,1-2H3. The summed E-state index contributed by atoms with van der Waals surface area (Å²) < 4.78 is 23.0. The van der Waals surface area contributed by atoms with E-state index in [1.165, 1.54) is 17.7 Å². The third-order valence-electron chi connectivity index (χ3n) is 6.11. The van der Waals surface area contributed by atoms with Crippen molar-refractivity contribution in [1.29, 1.82) is 0 Å². The zero-order valence-electron chi connectivity index (χ0n) is 18.4. The minimum Gasteiger partial charge on any atom is -0.496 e. The molecule has 1 aromatic carbocycles. The van der Waals surface area contributed by atoms with E-state index in [0.717, 1.165) is 56.1 Å². The van der Waals surface area contributed by atoms with Gasteiger partial charge in [-0.25, -0.2) is 13.9 Å². The van der Waals surface area contributed by atoms with Gasteiger partial charge < -0.3 is 4.74 Å². The van der Waals surface area contributed by atoms with Crippen molar-refractivity contribution in [2.75, 3.05) is 20.2 Å². The van der Waals surface area contributed by atoms with Crippen molar-refractivity contribution in [3.05, 3.63) is 66.1 Å². The summed E-state index contributed by atoms with van der Waals surface area (Å²) in [6, 6.07) is 8.38. The molecular weight excluding hydrogens is 407 g/mol. The highest BCUT2D eigenvalue weighted by molar-refractivity contribution is 5.71. The minimum absolute atomic E-state index is 0.289. The molecule has 8 heteroatoms. The molecule has 4 heterocycles. The maximum Gasteiger partial charge on any atom is 0.156 e. The van der Waals surface area contributed by atoms with E-state index in [1.54, 1.807) is 17.7 Å². The van der Waals surface area contributed by atoms with Crippen molar-refractivity contribution in [2.45, 2.75) is 38.8 Å². The first-order valence-corrected chi connectivity index (χ1v) is 11.1. The van der Waals surface area contributed by atoms with Gasteiger partial charge in [-0.1, -0.05) is 0 Å². The second-order valence-corrected chi connectivity index (χ2v) is 8.31. The smallest absolute Gasteiger partial charge is 0.156 e. The van der Waals surface area contributed by atoms with E-state index in [-0.39, 0.29) is 11.7 Å². The Morgan fingerprint density at radius 1 is 1.19 bits per heavy atom. The molecule has 4 aromatic rings. The highest BCUT2D eigenvalue weighted by Crippen LogP contribution is 2.31. The molecule has 0 N–H and O–H groups in total. The number of halogens is 1. The van der Waals surface area contributed by atoms with Gasteiger partial charge >= 0.3 is 0 Å². The second-order valence-electron chi connectivity index (χ2n) is 8.31. The number of fused-ring (bicyclic) bond motifs is 1. The molecule has 3 aromatic heterocycles. The molecule has 5 rings (SSSR count). The fourth-order valence-corrected chi connectivity index (χ4v) is 4.47. The number of aromatic nitrogens is 5. The number of likely N-dealkylation sites (tertiary alicyclic amines) is 1. The minimum atomic E-state index is -0.299. The molecule has 0 spiro atoms. The molecule has 0 radical (unpaired) electrons. The highest BCUT2D eigenvalue weighted by Gasteiger charge is 2.25. The number of methoxy groups -OCH3 is 1. The van der Waals surface area contributed by atoms with E-state index >= 15 is 0 Å². The monoisotopic (exact) mass is 434 g/mol. The molecule has 0 aliphatic carbocycles.